The van der Waals surface area contributed by atoms with Crippen molar-refractivity contribution in [3.8, 4) is 0 Å². The van der Waals surface area contributed by atoms with Gasteiger partial charge in [-0.05, 0) is 26.8 Å². The van der Waals surface area contributed by atoms with Gasteiger partial charge in [0, 0.05) is 38.0 Å². The molecule has 0 radical (unpaired) electrons. The van der Waals surface area contributed by atoms with Gasteiger partial charge in [0.1, 0.15) is 12.2 Å². The zero-order valence-electron chi connectivity index (χ0n) is 20.2. The molecule has 1 saturated carbocycles. The zero-order valence-corrected chi connectivity index (χ0v) is 20.2. The fourth-order valence-electron chi connectivity index (χ4n) is 6.98. The van der Waals surface area contributed by atoms with Gasteiger partial charge in [0.2, 0.25) is 0 Å². The third-order valence-electron chi connectivity index (χ3n) is 8.83. The van der Waals surface area contributed by atoms with Crippen LogP contribution in [-0.4, -0.2) is 81.5 Å². The highest BCUT2D eigenvalue weighted by atomic mass is 16.7. The highest BCUT2D eigenvalue weighted by Crippen LogP contribution is 2.69. The Hall–Kier alpha value is -2.01. The number of esters is 3. The molecule has 10 heteroatoms. The molecule has 0 unspecified atom stereocenters. The second kappa shape index (κ2) is 7.02. The number of aliphatic hydroxyl groups is 2. The topological polar surface area (TPSA) is 144 Å². The summed E-state index contributed by atoms with van der Waals surface area (Å²) in [6.07, 6.45) is -3.63. The van der Waals surface area contributed by atoms with Crippen LogP contribution in [0.1, 0.15) is 54.4 Å². The van der Waals surface area contributed by atoms with Crippen LogP contribution in [0.5, 0.6) is 0 Å². The Kier molecular flexibility index (Phi) is 4.90. The molecule has 5 rings (SSSR count). The van der Waals surface area contributed by atoms with E-state index < -0.39 is 76.6 Å². The van der Waals surface area contributed by atoms with Crippen molar-refractivity contribution in [3.05, 3.63) is 11.6 Å². The molecule has 11 atom stereocenters. The summed E-state index contributed by atoms with van der Waals surface area (Å²) >= 11 is 0. The highest BCUT2D eigenvalue weighted by molar-refractivity contribution is 5.89. The van der Waals surface area contributed by atoms with Crippen molar-refractivity contribution in [3.63, 3.8) is 0 Å². The Labute approximate surface area is 197 Å². The molecule has 188 valence electrons. The van der Waals surface area contributed by atoms with Crippen LogP contribution < -0.4 is 0 Å². The number of epoxide rings is 2. The predicted octanol–water partition coefficient (Wildman–Crippen LogP) is 0.558. The summed E-state index contributed by atoms with van der Waals surface area (Å²) in [6, 6.07) is 0. The molecule has 3 aliphatic heterocycles. The lowest BCUT2D eigenvalue weighted by Crippen LogP contribution is -2.67. The third-order valence-corrected chi connectivity index (χ3v) is 8.83. The smallest absolute Gasteiger partial charge is 0.342 e. The van der Waals surface area contributed by atoms with Crippen molar-refractivity contribution in [2.75, 3.05) is 0 Å². The molecule has 4 fully saturated rings. The Balaban J connectivity index is 1.75. The van der Waals surface area contributed by atoms with Crippen LogP contribution >= 0.6 is 0 Å². The maximum absolute atomic E-state index is 12.9. The minimum absolute atomic E-state index is 0.149. The van der Waals surface area contributed by atoms with Crippen molar-refractivity contribution in [1.82, 2.24) is 0 Å². The van der Waals surface area contributed by atoms with E-state index in [-0.39, 0.29) is 18.9 Å². The van der Waals surface area contributed by atoms with Crippen molar-refractivity contribution < 1.29 is 48.3 Å². The predicted molar refractivity (Wildman–Crippen MR) is 113 cm³/mol. The number of hydrogen-bond acceptors (Lipinski definition) is 10. The number of carbonyl (C=O) groups excluding carboxylic acids is 3. The van der Waals surface area contributed by atoms with Crippen LogP contribution in [0.4, 0.5) is 0 Å². The number of rotatable bonds is 2. The molecule has 10 nitrogen and oxygen atoms in total. The molecule has 0 bridgehead atoms. The SMILES string of the molecule is CC(=O)O[C@@H]1C/C(C)=C\[C@@H]2OC(=O)[C@]3(C)O[C@]23[C@@H](OC(C)=O)[C@H]2[C@]3(C)O[C@@H]3C[C@H](O)[C@]2(C)[C@H]1O. The van der Waals surface area contributed by atoms with Gasteiger partial charge in [0.05, 0.1) is 23.9 Å². The summed E-state index contributed by atoms with van der Waals surface area (Å²) in [6.45, 7) is 9.40. The first-order valence-electron chi connectivity index (χ1n) is 11.7. The first-order chi connectivity index (χ1) is 15.7. The van der Waals surface area contributed by atoms with Crippen molar-refractivity contribution >= 4 is 17.9 Å². The van der Waals surface area contributed by atoms with Crippen LogP contribution in [0.15, 0.2) is 11.6 Å². The fourth-order valence-corrected chi connectivity index (χ4v) is 6.98. The fraction of sp³-hybridized carbons (Fsp3) is 0.792. The summed E-state index contributed by atoms with van der Waals surface area (Å²) < 4.78 is 29.3. The van der Waals surface area contributed by atoms with Gasteiger partial charge in [0.15, 0.2) is 17.3 Å². The number of carbonyl (C=O) groups is 3. The average molecular weight is 481 g/mol. The largest absolute Gasteiger partial charge is 0.459 e. The standard InChI is InChI=1S/C24H32O10/c1-10-7-13(30-11(2)25)18(28)21(4)14(27)9-15-22(5,33-15)17(21)19(31-12(3)26)24-16(8-10)32-20(29)23(24,6)34-24/h8,13-19,27-28H,7,9H2,1-6H3/b10-8-/t13-,14+,15-,16+,17-,18+,19+,21+,22-,23+,24+/m1/s1. The second-order valence-corrected chi connectivity index (χ2v) is 11.0. The number of aliphatic hydroxyl groups excluding tert-OH is 2. The third kappa shape index (κ3) is 2.85. The van der Waals surface area contributed by atoms with E-state index in [9.17, 15) is 24.6 Å². The summed E-state index contributed by atoms with van der Waals surface area (Å²) in [7, 11) is 0. The first-order valence-corrected chi connectivity index (χ1v) is 11.7. The van der Waals surface area contributed by atoms with E-state index >= 15 is 0 Å². The van der Waals surface area contributed by atoms with E-state index in [4.69, 9.17) is 23.7 Å². The van der Waals surface area contributed by atoms with E-state index in [1.54, 1.807) is 26.8 Å². The van der Waals surface area contributed by atoms with E-state index in [0.29, 0.717) is 5.57 Å². The minimum atomic E-state index is -1.36. The molecule has 0 aromatic heterocycles. The number of fused-ring (bicyclic) bond motifs is 3. The lowest BCUT2D eigenvalue weighted by atomic mass is 9.53. The highest BCUT2D eigenvalue weighted by Gasteiger charge is 2.89. The van der Waals surface area contributed by atoms with E-state index in [1.807, 2.05) is 6.92 Å². The van der Waals surface area contributed by atoms with Crippen molar-refractivity contribution in [2.24, 2.45) is 11.3 Å². The van der Waals surface area contributed by atoms with Crippen LogP contribution in [0.3, 0.4) is 0 Å². The maximum atomic E-state index is 12.9. The molecule has 2 aliphatic carbocycles. The molecule has 2 N–H and O–H groups in total. The minimum Gasteiger partial charge on any atom is -0.459 e. The molecule has 5 aliphatic rings. The van der Waals surface area contributed by atoms with Crippen LogP contribution in [0.2, 0.25) is 0 Å². The second-order valence-electron chi connectivity index (χ2n) is 11.0. The molecule has 0 amide bonds. The molecule has 3 saturated heterocycles. The summed E-state index contributed by atoms with van der Waals surface area (Å²) in [5.41, 5.74) is -4.27. The normalized spacial score (nSPS) is 54.6. The molecule has 34 heavy (non-hydrogen) atoms. The lowest BCUT2D eigenvalue weighted by molar-refractivity contribution is -0.212. The zero-order chi connectivity index (χ0) is 25.0. The average Bonchev–Trinajstić information content (AvgIpc) is 3.55. The van der Waals surface area contributed by atoms with Gasteiger partial charge in [-0.2, -0.15) is 0 Å². The molecule has 0 aromatic rings. The van der Waals surface area contributed by atoms with Crippen LogP contribution in [0, 0.1) is 11.3 Å². The lowest BCUT2D eigenvalue weighted by Gasteiger charge is -2.53. The van der Waals surface area contributed by atoms with E-state index in [0.717, 1.165) is 0 Å². The molecular weight excluding hydrogens is 448 g/mol. The van der Waals surface area contributed by atoms with E-state index in [2.05, 4.69) is 0 Å². The van der Waals surface area contributed by atoms with E-state index in [1.165, 1.54) is 13.8 Å². The number of ether oxygens (including phenoxy) is 5. The molecular formula is C24H32O10. The van der Waals surface area contributed by atoms with Gasteiger partial charge in [-0.1, -0.05) is 12.5 Å². The van der Waals surface area contributed by atoms with Gasteiger partial charge in [-0.25, -0.2) is 4.79 Å². The van der Waals surface area contributed by atoms with Gasteiger partial charge in [0.25, 0.3) is 0 Å². The Morgan fingerprint density at radius 2 is 1.76 bits per heavy atom. The maximum Gasteiger partial charge on any atom is 0.342 e. The first kappa shape index (κ1) is 23.7. The molecule has 1 spiro atoms. The molecule has 0 aromatic carbocycles. The van der Waals surface area contributed by atoms with Gasteiger partial charge < -0.3 is 33.9 Å². The summed E-state index contributed by atoms with van der Waals surface area (Å²) in [5, 5.41) is 23.1. The Morgan fingerprint density at radius 1 is 1.12 bits per heavy atom. The van der Waals surface area contributed by atoms with Crippen molar-refractivity contribution in [1.29, 1.82) is 0 Å². The Morgan fingerprint density at radius 3 is 2.35 bits per heavy atom. The van der Waals surface area contributed by atoms with Gasteiger partial charge >= 0.3 is 17.9 Å². The molecule has 3 heterocycles. The number of hydrogen-bond donors (Lipinski definition) is 2. The summed E-state index contributed by atoms with van der Waals surface area (Å²) in [5.74, 6) is -2.57. The van der Waals surface area contributed by atoms with Crippen LogP contribution in [-0.2, 0) is 38.1 Å². The Bertz CT molecular complexity index is 992. The van der Waals surface area contributed by atoms with Gasteiger partial charge in [-0.15, -0.1) is 0 Å². The van der Waals surface area contributed by atoms with Crippen LogP contribution in [0.25, 0.3) is 0 Å². The summed E-state index contributed by atoms with van der Waals surface area (Å²) in [4.78, 5) is 37.2. The quantitative estimate of drug-likeness (QED) is 0.249. The van der Waals surface area contributed by atoms with Gasteiger partial charge in [-0.3, -0.25) is 9.59 Å². The monoisotopic (exact) mass is 480 g/mol. The van der Waals surface area contributed by atoms with Crippen molar-refractivity contribution in [2.45, 2.75) is 108 Å².